The zero-order chi connectivity index (χ0) is 15.6. The van der Waals surface area contributed by atoms with Crippen molar-refractivity contribution < 1.29 is 14.3 Å². The zero-order valence-corrected chi connectivity index (χ0v) is 12.5. The van der Waals surface area contributed by atoms with Gasteiger partial charge in [-0.2, -0.15) is 0 Å². The van der Waals surface area contributed by atoms with Crippen molar-refractivity contribution in [1.29, 1.82) is 0 Å². The van der Waals surface area contributed by atoms with Gasteiger partial charge in [0.1, 0.15) is 18.1 Å². The molecule has 2 aromatic carbocycles. The molecular weight excluding hydrogens is 278 g/mol. The van der Waals surface area contributed by atoms with Gasteiger partial charge in [-0.3, -0.25) is 4.79 Å². The molecule has 0 radical (unpaired) electrons. The molecule has 0 unspecified atom stereocenters. The van der Waals surface area contributed by atoms with Gasteiger partial charge in [0.2, 0.25) is 5.91 Å². The number of benzene rings is 2. The van der Waals surface area contributed by atoms with E-state index in [2.05, 4.69) is 5.32 Å². The van der Waals surface area contributed by atoms with Gasteiger partial charge in [-0.25, -0.2) is 0 Å². The molecule has 1 amide bonds. The molecule has 0 spiro atoms. The van der Waals surface area contributed by atoms with Crippen LogP contribution in [-0.2, 0) is 4.79 Å². The minimum atomic E-state index is -0.153. The first-order valence-electron chi connectivity index (χ1n) is 7.06. The molecular formula is C18H19NO3. The van der Waals surface area contributed by atoms with Gasteiger partial charge >= 0.3 is 0 Å². The third-order valence-corrected chi connectivity index (χ3v) is 2.93. The monoisotopic (exact) mass is 297 g/mol. The Kier molecular flexibility index (Phi) is 6.05. The maximum Gasteiger partial charge on any atom is 0.244 e. The van der Waals surface area contributed by atoms with Gasteiger partial charge in [0, 0.05) is 6.08 Å². The number of para-hydroxylation sites is 1. The highest BCUT2D eigenvalue weighted by Gasteiger charge is 1.97. The summed E-state index contributed by atoms with van der Waals surface area (Å²) in [6.45, 7) is 0.888. The average molecular weight is 297 g/mol. The summed E-state index contributed by atoms with van der Waals surface area (Å²) in [5.41, 5.74) is 0.912. The molecule has 2 aromatic rings. The van der Waals surface area contributed by atoms with Crippen molar-refractivity contribution >= 4 is 12.0 Å². The summed E-state index contributed by atoms with van der Waals surface area (Å²) in [7, 11) is 1.61. The molecule has 0 aliphatic heterocycles. The molecule has 4 heteroatoms. The zero-order valence-electron chi connectivity index (χ0n) is 12.5. The highest BCUT2D eigenvalue weighted by Crippen LogP contribution is 2.13. The highest BCUT2D eigenvalue weighted by molar-refractivity contribution is 5.91. The summed E-state index contributed by atoms with van der Waals surface area (Å²) in [5, 5.41) is 2.77. The number of carbonyl (C=O) groups excluding carboxylic acids is 1. The minimum Gasteiger partial charge on any atom is -0.497 e. The summed E-state index contributed by atoms with van der Waals surface area (Å²) < 4.78 is 10.6. The van der Waals surface area contributed by atoms with E-state index in [-0.39, 0.29) is 5.91 Å². The maximum absolute atomic E-state index is 11.7. The number of ether oxygens (including phenoxy) is 2. The van der Waals surface area contributed by atoms with Gasteiger partial charge in [-0.15, -0.1) is 0 Å². The van der Waals surface area contributed by atoms with Crippen LogP contribution in [0.2, 0.25) is 0 Å². The predicted octanol–water partition coefficient (Wildman–Crippen LogP) is 2.90. The quantitative estimate of drug-likeness (QED) is 0.631. The summed E-state index contributed by atoms with van der Waals surface area (Å²) >= 11 is 0. The molecule has 2 rings (SSSR count). The molecule has 0 saturated carbocycles. The largest absolute Gasteiger partial charge is 0.497 e. The van der Waals surface area contributed by atoms with Crippen LogP contribution in [0, 0.1) is 0 Å². The van der Waals surface area contributed by atoms with E-state index in [4.69, 9.17) is 9.47 Å². The molecule has 0 aliphatic rings. The maximum atomic E-state index is 11.7. The Morgan fingerprint density at radius 3 is 2.64 bits per heavy atom. The standard InChI is InChI=1S/C18H19NO3/c1-21-17-9-5-6-15(14-17)10-11-18(20)19-12-13-22-16-7-3-2-4-8-16/h2-11,14H,12-13H2,1H3,(H,19,20). The van der Waals surface area contributed by atoms with E-state index < -0.39 is 0 Å². The van der Waals surface area contributed by atoms with E-state index in [9.17, 15) is 4.79 Å². The van der Waals surface area contributed by atoms with Gasteiger partial charge < -0.3 is 14.8 Å². The minimum absolute atomic E-state index is 0.153. The fraction of sp³-hybridized carbons (Fsp3) is 0.167. The Morgan fingerprint density at radius 2 is 1.86 bits per heavy atom. The van der Waals surface area contributed by atoms with E-state index >= 15 is 0 Å². The Bertz CT molecular complexity index is 623. The van der Waals surface area contributed by atoms with Gasteiger partial charge in [0.05, 0.1) is 13.7 Å². The molecule has 0 aliphatic carbocycles. The second-order valence-electron chi connectivity index (χ2n) is 4.56. The number of nitrogens with one attached hydrogen (secondary N) is 1. The molecule has 1 N–H and O–H groups in total. The second kappa shape index (κ2) is 8.52. The van der Waals surface area contributed by atoms with Gasteiger partial charge in [-0.1, -0.05) is 30.3 Å². The first kappa shape index (κ1) is 15.6. The molecule has 114 valence electrons. The predicted molar refractivity (Wildman–Crippen MR) is 87.0 cm³/mol. The van der Waals surface area contributed by atoms with Crippen LogP contribution in [0.4, 0.5) is 0 Å². The van der Waals surface area contributed by atoms with Gasteiger partial charge in [0.15, 0.2) is 0 Å². The lowest BCUT2D eigenvalue weighted by atomic mass is 10.2. The topological polar surface area (TPSA) is 47.6 Å². The van der Waals surface area contributed by atoms with E-state index in [0.29, 0.717) is 13.2 Å². The lowest BCUT2D eigenvalue weighted by molar-refractivity contribution is -0.116. The van der Waals surface area contributed by atoms with Crippen molar-refractivity contribution in [2.24, 2.45) is 0 Å². The van der Waals surface area contributed by atoms with Crippen molar-refractivity contribution in [2.45, 2.75) is 0 Å². The molecule has 4 nitrogen and oxygen atoms in total. The molecule has 0 saturated heterocycles. The van der Waals surface area contributed by atoms with Crippen LogP contribution in [0.3, 0.4) is 0 Å². The Hall–Kier alpha value is -2.75. The number of amides is 1. The third-order valence-electron chi connectivity index (χ3n) is 2.93. The summed E-state index contributed by atoms with van der Waals surface area (Å²) in [6.07, 6.45) is 3.24. The second-order valence-corrected chi connectivity index (χ2v) is 4.56. The molecule has 0 atom stereocenters. The number of methoxy groups -OCH3 is 1. The lowest BCUT2D eigenvalue weighted by Gasteiger charge is -2.06. The normalized spacial score (nSPS) is 10.4. The number of rotatable bonds is 7. The van der Waals surface area contributed by atoms with Crippen LogP contribution in [0.1, 0.15) is 5.56 Å². The third kappa shape index (κ3) is 5.32. The van der Waals surface area contributed by atoms with Gasteiger partial charge in [-0.05, 0) is 35.9 Å². The molecule has 0 bridgehead atoms. The molecule has 22 heavy (non-hydrogen) atoms. The number of carbonyl (C=O) groups is 1. The highest BCUT2D eigenvalue weighted by atomic mass is 16.5. The summed E-state index contributed by atoms with van der Waals surface area (Å²) in [4.78, 5) is 11.7. The van der Waals surface area contributed by atoms with Crippen LogP contribution in [0.15, 0.2) is 60.7 Å². The fourth-order valence-corrected chi connectivity index (χ4v) is 1.84. The van der Waals surface area contributed by atoms with E-state index in [1.165, 1.54) is 6.08 Å². The van der Waals surface area contributed by atoms with E-state index in [0.717, 1.165) is 17.1 Å². The smallest absolute Gasteiger partial charge is 0.244 e. The molecule has 0 fully saturated rings. The van der Waals surface area contributed by atoms with Crippen LogP contribution in [-0.4, -0.2) is 26.2 Å². The van der Waals surface area contributed by atoms with Crippen molar-refractivity contribution in [3.05, 3.63) is 66.2 Å². The van der Waals surface area contributed by atoms with Crippen LogP contribution < -0.4 is 14.8 Å². The van der Waals surface area contributed by atoms with Gasteiger partial charge in [0.25, 0.3) is 0 Å². The molecule has 0 aromatic heterocycles. The number of hydrogen-bond acceptors (Lipinski definition) is 3. The average Bonchev–Trinajstić information content (AvgIpc) is 2.58. The van der Waals surface area contributed by atoms with E-state index in [1.54, 1.807) is 13.2 Å². The first-order chi connectivity index (χ1) is 10.8. The van der Waals surface area contributed by atoms with Crippen molar-refractivity contribution in [3.63, 3.8) is 0 Å². The number of hydrogen-bond donors (Lipinski definition) is 1. The van der Waals surface area contributed by atoms with Crippen LogP contribution in [0.25, 0.3) is 6.08 Å². The van der Waals surface area contributed by atoms with E-state index in [1.807, 2.05) is 54.6 Å². The summed E-state index contributed by atoms with van der Waals surface area (Å²) in [6, 6.07) is 17.0. The summed E-state index contributed by atoms with van der Waals surface area (Å²) in [5.74, 6) is 1.40. The van der Waals surface area contributed by atoms with Crippen LogP contribution >= 0.6 is 0 Å². The Balaban J connectivity index is 1.72. The lowest BCUT2D eigenvalue weighted by Crippen LogP contribution is -2.26. The molecule has 0 heterocycles. The Morgan fingerprint density at radius 1 is 1.09 bits per heavy atom. The van der Waals surface area contributed by atoms with Crippen molar-refractivity contribution in [2.75, 3.05) is 20.3 Å². The van der Waals surface area contributed by atoms with Crippen molar-refractivity contribution in [1.82, 2.24) is 5.32 Å². The van der Waals surface area contributed by atoms with Crippen molar-refractivity contribution in [3.8, 4) is 11.5 Å². The first-order valence-corrected chi connectivity index (χ1v) is 7.06. The SMILES string of the molecule is COc1cccc(C=CC(=O)NCCOc2ccccc2)c1. The Labute approximate surface area is 130 Å². The van der Waals surface area contributed by atoms with Crippen LogP contribution in [0.5, 0.6) is 11.5 Å². The fourth-order valence-electron chi connectivity index (χ4n) is 1.84.